The van der Waals surface area contributed by atoms with Crippen LogP contribution in [0, 0.1) is 0 Å². The molecule has 2 atom stereocenters. The van der Waals surface area contributed by atoms with E-state index in [0.717, 1.165) is 0 Å². The second kappa shape index (κ2) is 6.28. The first-order valence-electron chi connectivity index (χ1n) is 4.97. The molecule has 0 saturated carbocycles. The van der Waals surface area contributed by atoms with Crippen molar-refractivity contribution in [2.24, 2.45) is 0 Å². The van der Waals surface area contributed by atoms with Gasteiger partial charge in [0.25, 0.3) is 0 Å². The number of hydrogen-bond donors (Lipinski definition) is 0. The first kappa shape index (κ1) is 17.9. The van der Waals surface area contributed by atoms with Crippen LogP contribution in [0.3, 0.4) is 0 Å². The zero-order chi connectivity index (χ0) is 10.9. The van der Waals surface area contributed by atoms with Crippen molar-refractivity contribution in [3.63, 3.8) is 0 Å². The summed E-state index contributed by atoms with van der Waals surface area (Å²) in [5.74, 6) is 1.47. The van der Waals surface area contributed by atoms with Gasteiger partial charge >= 0.3 is 0 Å². The summed E-state index contributed by atoms with van der Waals surface area (Å²) in [7, 11) is 0.407. The van der Waals surface area contributed by atoms with Crippen molar-refractivity contribution in [1.82, 2.24) is 0 Å². The van der Waals surface area contributed by atoms with Crippen LogP contribution in [0.2, 0.25) is 0 Å². The van der Waals surface area contributed by atoms with Gasteiger partial charge in [-0.05, 0) is 29.5 Å². The fourth-order valence-electron chi connectivity index (χ4n) is 0.742. The van der Waals surface area contributed by atoms with Crippen LogP contribution >= 0.6 is 15.8 Å². The van der Waals surface area contributed by atoms with Crippen LogP contribution in [-0.4, -0.2) is 29.5 Å². The summed E-state index contributed by atoms with van der Waals surface area (Å²) in [4.78, 5) is 0. The van der Waals surface area contributed by atoms with Crippen molar-refractivity contribution in [3.8, 4) is 0 Å². The third-order valence-electron chi connectivity index (χ3n) is 2.71. The van der Waals surface area contributed by atoms with Crippen LogP contribution in [0.4, 0.5) is 0 Å². The van der Waals surface area contributed by atoms with Gasteiger partial charge in [-0.25, -0.2) is 0 Å². The van der Waals surface area contributed by atoms with Gasteiger partial charge < -0.3 is 0 Å². The third-order valence-corrected chi connectivity index (χ3v) is 10.7. The molecule has 0 aromatic rings. The average Bonchev–Trinajstić information content (AvgIpc) is 1.82. The van der Waals surface area contributed by atoms with Gasteiger partial charge in [0.05, 0.1) is 0 Å². The fraction of sp³-hybridized carbons (Fsp3) is 1.00. The van der Waals surface area contributed by atoms with E-state index in [1.54, 1.807) is 0 Å². The molecule has 0 aromatic carbocycles. The van der Waals surface area contributed by atoms with Crippen molar-refractivity contribution in [1.29, 1.82) is 0 Å². The molecule has 1 radical (unpaired) electrons. The third kappa shape index (κ3) is 6.87. The molecule has 14 heavy (non-hydrogen) atoms. The van der Waals surface area contributed by atoms with Crippen LogP contribution in [-0.2, 0) is 19.5 Å². The van der Waals surface area contributed by atoms with Gasteiger partial charge in [0.2, 0.25) is 0 Å². The van der Waals surface area contributed by atoms with E-state index in [4.69, 9.17) is 0 Å². The van der Waals surface area contributed by atoms with Crippen LogP contribution in [0.25, 0.3) is 0 Å². The first-order chi connectivity index (χ1) is 5.55. The molecule has 3 heteroatoms. The molecule has 0 N–H and O–H groups in total. The molecule has 0 aliphatic carbocycles. The predicted molar refractivity (Wildman–Crippen MR) is 70.1 cm³/mol. The standard InChI is InChI=1S/C11H26P2.Rh/c1-10(2,3)12(7)9-13(8)11(4,5)6;/h9H2,1-8H3;. The van der Waals surface area contributed by atoms with Gasteiger partial charge in [0.1, 0.15) is 0 Å². The normalized spacial score (nSPS) is 17.1. The van der Waals surface area contributed by atoms with E-state index in [-0.39, 0.29) is 35.3 Å². The molecule has 0 aliphatic rings. The van der Waals surface area contributed by atoms with Crippen LogP contribution < -0.4 is 0 Å². The van der Waals surface area contributed by atoms with Crippen molar-refractivity contribution in [3.05, 3.63) is 0 Å². The Kier molecular flexibility index (Phi) is 8.01. The van der Waals surface area contributed by atoms with Crippen LogP contribution in [0.15, 0.2) is 0 Å². The molecule has 0 amide bonds. The largest absolute Gasteiger partial charge is 0.1000 e. The van der Waals surface area contributed by atoms with Gasteiger partial charge in [-0.2, -0.15) is 0 Å². The summed E-state index contributed by atoms with van der Waals surface area (Å²) in [6.45, 7) is 19.2. The van der Waals surface area contributed by atoms with E-state index >= 15 is 0 Å². The van der Waals surface area contributed by atoms with Crippen molar-refractivity contribution in [2.75, 3.05) is 19.2 Å². The second-order valence-corrected chi connectivity index (χ2v) is 12.5. The molecular weight excluding hydrogens is 297 g/mol. The zero-order valence-electron chi connectivity index (χ0n) is 10.9. The molecule has 0 heterocycles. The molecule has 0 spiro atoms. The number of hydrogen-bond acceptors (Lipinski definition) is 0. The minimum Gasteiger partial charge on any atom is -0.1000 e. The molecule has 0 fully saturated rings. The zero-order valence-corrected chi connectivity index (χ0v) is 14.4. The minimum absolute atomic E-state index is 0. The summed E-state index contributed by atoms with van der Waals surface area (Å²) in [5, 5.41) is 1.08. The summed E-state index contributed by atoms with van der Waals surface area (Å²) in [6, 6.07) is 0. The minimum atomic E-state index is 0. The smallest absolute Gasteiger partial charge is 0 e. The van der Waals surface area contributed by atoms with E-state index in [9.17, 15) is 0 Å². The quantitative estimate of drug-likeness (QED) is 0.508. The Hall–Kier alpha value is 1.48. The summed E-state index contributed by atoms with van der Waals surface area (Å²) in [6.07, 6.45) is 0. The Bertz CT molecular complexity index is 138. The summed E-state index contributed by atoms with van der Waals surface area (Å²) in [5.41, 5.74) is 0. The molecule has 0 aromatic heterocycles. The van der Waals surface area contributed by atoms with E-state index < -0.39 is 0 Å². The van der Waals surface area contributed by atoms with E-state index in [1.807, 2.05) is 0 Å². The van der Waals surface area contributed by atoms with Gasteiger partial charge in [0.15, 0.2) is 0 Å². The SMILES string of the molecule is CP(CP(C)C(C)(C)C)C(C)(C)C.[Rh]. The molecule has 0 bridgehead atoms. The maximum absolute atomic E-state index is 2.46. The molecule has 2 unspecified atom stereocenters. The van der Waals surface area contributed by atoms with Crippen LogP contribution in [0.1, 0.15) is 41.5 Å². The predicted octanol–water partition coefficient (Wildman–Crippen LogP) is 4.76. The monoisotopic (exact) mass is 323 g/mol. The molecule has 0 rings (SSSR count). The number of rotatable bonds is 2. The maximum atomic E-state index is 2.46. The fourth-order valence-corrected chi connectivity index (χ4v) is 6.68. The second-order valence-electron chi connectivity index (χ2n) is 5.88. The summed E-state index contributed by atoms with van der Waals surface area (Å²) < 4.78 is 0. The summed E-state index contributed by atoms with van der Waals surface area (Å²) >= 11 is 0. The van der Waals surface area contributed by atoms with Gasteiger partial charge in [-0.1, -0.05) is 57.4 Å². The molecule has 0 aliphatic heterocycles. The van der Waals surface area contributed by atoms with Crippen LogP contribution in [0.5, 0.6) is 0 Å². The van der Waals surface area contributed by atoms with Crippen molar-refractivity contribution < 1.29 is 19.5 Å². The Morgan fingerprint density at radius 2 is 0.929 bits per heavy atom. The van der Waals surface area contributed by atoms with E-state index in [0.29, 0.717) is 10.3 Å². The van der Waals surface area contributed by atoms with Crippen molar-refractivity contribution in [2.45, 2.75) is 51.9 Å². The Balaban J connectivity index is 0. The molecule has 0 nitrogen and oxygen atoms in total. The topological polar surface area (TPSA) is 0 Å². The van der Waals surface area contributed by atoms with Crippen molar-refractivity contribution >= 4 is 15.8 Å². The first-order valence-corrected chi connectivity index (χ1v) is 8.92. The van der Waals surface area contributed by atoms with Gasteiger partial charge in [-0.3, -0.25) is 0 Å². The Labute approximate surface area is 106 Å². The molecular formula is C11H26P2Rh. The van der Waals surface area contributed by atoms with Gasteiger partial charge in [0, 0.05) is 19.5 Å². The molecule has 0 saturated heterocycles. The van der Waals surface area contributed by atoms with Gasteiger partial charge in [-0.15, -0.1) is 0 Å². The maximum Gasteiger partial charge on any atom is 0 e. The van der Waals surface area contributed by atoms with E-state index in [2.05, 4.69) is 54.9 Å². The average molecular weight is 323 g/mol. The molecule has 89 valence electrons. The Morgan fingerprint density at radius 1 is 0.714 bits per heavy atom. The van der Waals surface area contributed by atoms with E-state index in [1.165, 1.54) is 5.90 Å². The Morgan fingerprint density at radius 3 is 1.07 bits per heavy atom.